The zero-order valence-corrected chi connectivity index (χ0v) is 12.3. The lowest BCUT2D eigenvalue weighted by molar-refractivity contribution is 0.158. The lowest BCUT2D eigenvalue weighted by Crippen LogP contribution is -2.28. The molecule has 2 heteroatoms. The smallest absolute Gasteiger partial charge is 0.132 e. The van der Waals surface area contributed by atoms with E-state index in [0.29, 0.717) is 5.92 Å². The minimum absolute atomic E-state index is 0.265. The van der Waals surface area contributed by atoms with E-state index in [2.05, 4.69) is 64.7 Å². The Morgan fingerprint density at radius 1 is 1.30 bits per heavy atom. The van der Waals surface area contributed by atoms with Crippen LogP contribution in [0.3, 0.4) is 0 Å². The Kier molecular flexibility index (Phi) is 3.27. The van der Waals surface area contributed by atoms with Crippen molar-refractivity contribution in [1.29, 1.82) is 0 Å². The van der Waals surface area contributed by atoms with Crippen LogP contribution in [0.1, 0.15) is 42.9 Å². The fourth-order valence-corrected chi connectivity index (χ4v) is 2.87. The van der Waals surface area contributed by atoms with Gasteiger partial charge in [0.2, 0.25) is 0 Å². The highest BCUT2D eigenvalue weighted by atomic mass is 16.5. The van der Waals surface area contributed by atoms with Crippen molar-refractivity contribution < 1.29 is 4.74 Å². The molecule has 20 heavy (non-hydrogen) atoms. The molecule has 0 amide bonds. The second kappa shape index (κ2) is 4.83. The van der Waals surface area contributed by atoms with Crippen molar-refractivity contribution >= 4 is 11.8 Å². The first-order valence-electron chi connectivity index (χ1n) is 7.12. The van der Waals surface area contributed by atoms with E-state index in [0.717, 1.165) is 29.0 Å². The quantitative estimate of drug-likeness (QED) is 0.779. The Morgan fingerprint density at radius 3 is 2.80 bits per heavy atom. The van der Waals surface area contributed by atoms with Gasteiger partial charge in [0.25, 0.3) is 0 Å². The number of hydrogen-bond donors (Lipinski definition) is 1. The SMILES string of the molecule is Cc1cc(C2[CH][CH][CH][CH]C2)c(N)c2c1OC(C)(C)C=C2. The summed E-state index contributed by atoms with van der Waals surface area (Å²) in [6.45, 7) is 6.22. The molecule has 2 aliphatic rings. The zero-order chi connectivity index (χ0) is 14.3. The maximum absolute atomic E-state index is 6.40. The monoisotopic (exact) mass is 267 g/mol. The van der Waals surface area contributed by atoms with Gasteiger partial charge in [-0.3, -0.25) is 0 Å². The van der Waals surface area contributed by atoms with Crippen LogP contribution >= 0.6 is 0 Å². The van der Waals surface area contributed by atoms with E-state index in [-0.39, 0.29) is 5.60 Å². The lowest BCUT2D eigenvalue weighted by Gasteiger charge is -2.32. The summed E-state index contributed by atoms with van der Waals surface area (Å²) < 4.78 is 6.07. The fraction of sp³-hybridized carbons (Fsp3) is 0.333. The average Bonchev–Trinajstić information content (AvgIpc) is 2.43. The first-order valence-corrected chi connectivity index (χ1v) is 7.12. The van der Waals surface area contributed by atoms with E-state index in [9.17, 15) is 0 Å². The Bertz CT molecular complexity index is 551. The Morgan fingerprint density at radius 2 is 2.10 bits per heavy atom. The second-order valence-electron chi connectivity index (χ2n) is 6.13. The molecule has 1 saturated carbocycles. The summed E-state index contributed by atoms with van der Waals surface area (Å²) in [6.07, 6.45) is 13.8. The highest BCUT2D eigenvalue weighted by Crippen LogP contribution is 2.43. The van der Waals surface area contributed by atoms with E-state index in [1.807, 2.05) is 0 Å². The third-order valence-electron chi connectivity index (χ3n) is 3.97. The molecule has 1 aromatic carbocycles. The molecule has 2 N–H and O–H groups in total. The lowest BCUT2D eigenvalue weighted by atomic mass is 9.81. The first kappa shape index (κ1) is 13.5. The molecule has 3 rings (SSSR count). The Hall–Kier alpha value is -1.44. The van der Waals surface area contributed by atoms with Gasteiger partial charge in [-0.15, -0.1) is 0 Å². The third-order valence-corrected chi connectivity index (χ3v) is 3.97. The number of ether oxygens (including phenoxy) is 1. The van der Waals surface area contributed by atoms with Crippen molar-refractivity contribution in [1.82, 2.24) is 0 Å². The standard InChI is InChI=1S/C18H21NO/c1-12-11-15(13-7-5-4-6-8-13)16(19)14-9-10-18(2,3)20-17(12)14/h4-7,9-11,13H,8,19H2,1-3H3. The number of benzene rings is 1. The molecule has 104 valence electrons. The van der Waals surface area contributed by atoms with Crippen molar-refractivity contribution in [3.05, 3.63) is 54.5 Å². The average molecular weight is 267 g/mol. The summed E-state index contributed by atoms with van der Waals surface area (Å²) in [7, 11) is 0. The van der Waals surface area contributed by atoms with E-state index in [4.69, 9.17) is 10.5 Å². The molecule has 1 atom stereocenters. The van der Waals surface area contributed by atoms with Crippen LogP contribution in [0.2, 0.25) is 0 Å². The van der Waals surface area contributed by atoms with Gasteiger partial charge in [0.1, 0.15) is 11.4 Å². The van der Waals surface area contributed by atoms with E-state index in [1.165, 1.54) is 5.56 Å². The van der Waals surface area contributed by atoms with Gasteiger partial charge in [-0.25, -0.2) is 0 Å². The van der Waals surface area contributed by atoms with E-state index >= 15 is 0 Å². The molecular weight excluding hydrogens is 246 g/mol. The summed E-state index contributed by atoms with van der Waals surface area (Å²) in [5.74, 6) is 1.29. The van der Waals surface area contributed by atoms with E-state index in [1.54, 1.807) is 0 Å². The molecule has 1 unspecified atom stereocenters. The third kappa shape index (κ3) is 2.32. The summed E-state index contributed by atoms with van der Waals surface area (Å²) in [5.41, 5.74) is 10.4. The van der Waals surface area contributed by atoms with Crippen LogP contribution in [-0.4, -0.2) is 5.60 Å². The number of anilines is 1. The molecule has 0 spiro atoms. The minimum Gasteiger partial charge on any atom is -0.483 e. The van der Waals surface area contributed by atoms with Crippen molar-refractivity contribution in [2.75, 3.05) is 5.73 Å². The van der Waals surface area contributed by atoms with Gasteiger partial charge in [-0.05, 0) is 82.1 Å². The van der Waals surface area contributed by atoms with Crippen LogP contribution in [0.4, 0.5) is 5.69 Å². The van der Waals surface area contributed by atoms with Gasteiger partial charge < -0.3 is 10.5 Å². The number of nitrogens with two attached hydrogens (primary N) is 1. The molecule has 1 heterocycles. The van der Waals surface area contributed by atoms with Gasteiger partial charge in [0.15, 0.2) is 0 Å². The predicted molar refractivity (Wildman–Crippen MR) is 83.9 cm³/mol. The topological polar surface area (TPSA) is 35.2 Å². The van der Waals surface area contributed by atoms with Gasteiger partial charge in [0, 0.05) is 11.3 Å². The highest BCUT2D eigenvalue weighted by Gasteiger charge is 2.27. The molecule has 1 aliphatic heterocycles. The van der Waals surface area contributed by atoms with Crippen molar-refractivity contribution in [3.8, 4) is 5.75 Å². The molecule has 0 saturated heterocycles. The molecule has 4 radical (unpaired) electrons. The summed E-state index contributed by atoms with van der Waals surface area (Å²) in [5, 5.41) is 0. The van der Waals surface area contributed by atoms with Crippen LogP contribution in [0, 0.1) is 32.6 Å². The van der Waals surface area contributed by atoms with Crippen LogP contribution in [0.25, 0.3) is 6.08 Å². The maximum Gasteiger partial charge on any atom is 0.132 e. The van der Waals surface area contributed by atoms with Crippen molar-refractivity contribution in [2.45, 2.75) is 38.7 Å². The largest absolute Gasteiger partial charge is 0.483 e. The van der Waals surface area contributed by atoms with Gasteiger partial charge in [-0.1, -0.05) is 6.07 Å². The molecular formula is C18H21NO. The Balaban J connectivity index is 2.05. The fourth-order valence-electron chi connectivity index (χ4n) is 2.87. The predicted octanol–water partition coefficient (Wildman–Crippen LogP) is 4.07. The zero-order valence-electron chi connectivity index (χ0n) is 12.3. The van der Waals surface area contributed by atoms with Crippen LogP contribution in [-0.2, 0) is 0 Å². The van der Waals surface area contributed by atoms with Crippen molar-refractivity contribution in [3.63, 3.8) is 0 Å². The second-order valence-corrected chi connectivity index (χ2v) is 6.13. The van der Waals surface area contributed by atoms with Crippen LogP contribution < -0.4 is 10.5 Å². The maximum atomic E-state index is 6.40. The summed E-state index contributed by atoms with van der Waals surface area (Å²) in [4.78, 5) is 0. The van der Waals surface area contributed by atoms with Crippen LogP contribution in [0.5, 0.6) is 5.75 Å². The normalized spacial score (nSPS) is 21.4. The number of nitrogen functional groups attached to an aromatic ring is 1. The molecule has 1 aromatic rings. The minimum atomic E-state index is -0.265. The molecule has 1 aliphatic carbocycles. The van der Waals surface area contributed by atoms with Gasteiger partial charge >= 0.3 is 0 Å². The van der Waals surface area contributed by atoms with Gasteiger partial charge in [0.05, 0.1) is 0 Å². The first-order chi connectivity index (χ1) is 9.48. The molecule has 0 bridgehead atoms. The highest BCUT2D eigenvalue weighted by molar-refractivity contribution is 5.77. The van der Waals surface area contributed by atoms with Crippen LogP contribution in [0.15, 0.2) is 12.1 Å². The number of fused-ring (bicyclic) bond motifs is 1. The summed E-state index contributed by atoms with van der Waals surface area (Å²) >= 11 is 0. The molecule has 2 nitrogen and oxygen atoms in total. The Labute approximate surface area is 122 Å². The number of hydrogen-bond acceptors (Lipinski definition) is 2. The number of rotatable bonds is 1. The van der Waals surface area contributed by atoms with Crippen molar-refractivity contribution in [2.24, 2.45) is 0 Å². The van der Waals surface area contributed by atoms with Gasteiger partial charge in [-0.2, -0.15) is 0 Å². The molecule has 0 aromatic heterocycles. The number of aryl methyl sites for hydroxylation is 1. The molecule has 1 fully saturated rings. The van der Waals surface area contributed by atoms with E-state index < -0.39 is 0 Å². The summed E-state index contributed by atoms with van der Waals surface area (Å²) in [6, 6.07) is 2.18.